The van der Waals surface area contributed by atoms with Gasteiger partial charge < -0.3 is 14.4 Å². The standard InChI is InChI=1S/C24H30N2O4/c1-3-4-19-13-15-25(16-14-19)21-9-12-23(26(28)29)24(17-21)30-22-10-7-20(8-11-22)6-5-18(2)27/h7-12,17,19H,3-6,13-16H2,1-2H3. The molecule has 0 aliphatic carbocycles. The molecule has 6 heteroatoms. The number of nitro benzene ring substituents is 1. The highest BCUT2D eigenvalue weighted by Gasteiger charge is 2.22. The molecule has 0 N–H and O–H groups in total. The number of ether oxygens (including phenoxy) is 1. The molecule has 6 nitrogen and oxygen atoms in total. The van der Waals surface area contributed by atoms with Crippen LogP contribution in [0.2, 0.25) is 0 Å². The van der Waals surface area contributed by atoms with Crippen molar-refractivity contribution in [2.45, 2.75) is 52.4 Å². The van der Waals surface area contributed by atoms with Crippen molar-refractivity contribution in [1.29, 1.82) is 0 Å². The second kappa shape index (κ2) is 10.2. The van der Waals surface area contributed by atoms with Crippen LogP contribution < -0.4 is 9.64 Å². The van der Waals surface area contributed by atoms with Gasteiger partial charge in [-0.15, -0.1) is 0 Å². The molecule has 0 unspecified atom stereocenters. The van der Waals surface area contributed by atoms with Gasteiger partial charge in [0.2, 0.25) is 5.75 Å². The summed E-state index contributed by atoms with van der Waals surface area (Å²) in [5.41, 5.74) is 1.96. The second-order valence-electron chi connectivity index (χ2n) is 8.08. The number of carbonyl (C=O) groups excluding carboxylic acids is 1. The van der Waals surface area contributed by atoms with E-state index in [9.17, 15) is 14.9 Å². The van der Waals surface area contributed by atoms with Crippen molar-refractivity contribution in [2.75, 3.05) is 18.0 Å². The number of hydrogen-bond acceptors (Lipinski definition) is 5. The molecule has 2 aromatic carbocycles. The highest BCUT2D eigenvalue weighted by Crippen LogP contribution is 2.36. The van der Waals surface area contributed by atoms with Gasteiger partial charge in [-0.3, -0.25) is 10.1 Å². The van der Waals surface area contributed by atoms with Crippen molar-refractivity contribution in [3.8, 4) is 11.5 Å². The highest BCUT2D eigenvalue weighted by molar-refractivity contribution is 5.75. The van der Waals surface area contributed by atoms with Crippen molar-refractivity contribution in [1.82, 2.24) is 0 Å². The van der Waals surface area contributed by atoms with Gasteiger partial charge in [-0.1, -0.05) is 31.9 Å². The van der Waals surface area contributed by atoms with Crippen molar-refractivity contribution >= 4 is 17.2 Å². The van der Waals surface area contributed by atoms with E-state index in [1.807, 2.05) is 18.2 Å². The average Bonchev–Trinajstić information content (AvgIpc) is 2.74. The van der Waals surface area contributed by atoms with Crippen molar-refractivity contribution in [2.24, 2.45) is 5.92 Å². The van der Waals surface area contributed by atoms with Gasteiger partial charge in [0.1, 0.15) is 11.5 Å². The van der Waals surface area contributed by atoms with E-state index < -0.39 is 4.92 Å². The number of benzene rings is 2. The molecule has 0 aromatic heterocycles. The molecule has 0 amide bonds. The summed E-state index contributed by atoms with van der Waals surface area (Å²) < 4.78 is 5.91. The molecular weight excluding hydrogens is 380 g/mol. The van der Waals surface area contributed by atoms with Crippen molar-refractivity contribution in [3.05, 3.63) is 58.1 Å². The zero-order chi connectivity index (χ0) is 21.5. The third-order valence-corrected chi connectivity index (χ3v) is 5.73. The summed E-state index contributed by atoms with van der Waals surface area (Å²) in [4.78, 5) is 24.5. The molecule has 1 aliphatic heterocycles. The van der Waals surface area contributed by atoms with E-state index in [1.54, 1.807) is 25.1 Å². The topological polar surface area (TPSA) is 72.7 Å². The summed E-state index contributed by atoms with van der Waals surface area (Å²) >= 11 is 0. The summed E-state index contributed by atoms with van der Waals surface area (Å²) in [5, 5.41) is 11.5. The maximum atomic E-state index is 11.5. The number of aryl methyl sites for hydroxylation is 1. The average molecular weight is 411 g/mol. The smallest absolute Gasteiger partial charge is 0.311 e. The van der Waals surface area contributed by atoms with E-state index >= 15 is 0 Å². The van der Waals surface area contributed by atoms with Crippen LogP contribution in [0.15, 0.2) is 42.5 Å². The summed E-state index contributed by atoms with van der Waals surface area (Å²) in [6.45, 7) is 5.73. The highest BCUT2D eigenvalue weighted by atomic mass is 16.6. The van der Waals surface area contributed by atoms with Crippen LogP contribution >= 0.6 is 0 Å². The summed E-state index contributed by atoms with van der Waals surface area (Å²) in [6.07, 6.45) is 5.98. The molecule has 0 saturated carbocycles. The van der Waals surface area contributed by atoms with Crippen molar-refractivity contribution in [3.63, 3.8) is 0 Å². The second-order valence-corrected chi connectivity index (χ2v) is 8.08. The van der Waals surface area contributed by atoms with Gasteiger partial charge in [0.05, 0.1) is 4.92 Å². The Kier molecular flexibility index (Phi) is 7.44. The van der Waals surface area contributed by atoms with Crippen LogP contribution in [0.5, 0.6) is 11.5 Å². The summed E-state index contributed by atoms with van der Waals surface area (Å²) in [6, 6.07) is 12.5. The van der Waals surface area contributed by atoms with Crippen LogP contribution in [0, 0.1) is 16.0 Å². The number of rotatable bonds is 9. The Balaban J connectivity index is 1.74. The maximum absolute atomic E-state index is 11.5. The number of Topliss-reactive ketones (excluding diaryl/α,β-unsaturated/α-hetero) is 1. The fraction of sp³-hybridized carbons (Fsp3) is 0.458. The predicted molar refractivity (Wildman–Crippen MR) is 118 cm³/mol. The molecule has 0 spiro atoms. The van der Waals surface area contributed by atoms with Gasteiger partial charge in [0.15, 0.2) is 0 Å². The molecule has 1 heterocycles. The van der Waals surface area contributed by atoms with Crippen LogP contribution in [0.4, 0.5) is 11.4 Å². The largest absolute Gasteiger partial charge is 0.450 e. The number of nitro groups is 1. The first-order valence-corrected chi connectivity index (χ1v) is 10.8. The quantitative estimate of drug-likeness (QED) is 0.379. The predicted octanol–water partition coefficient (Wildman–Crippen LogP) is 5.93. The van der Waals surface area contributed by atoms with Crippen LogP contribution in [-0.2, 0) is 11.2 Å². The molecule has 3 rings (SSSR count). The molecule has 1 fully saturated rings. The zero-order valence-corrected chi connectivity index (χ0v) is 17.8. The fourth-order valence-corrected chi connectivity index (χ4v) is 3.99. The Morgan fingerprint density at radius 3 is 2.47 bits per heavy atom. The van der Waals surface area contributed by atoms with Gasteiger partial charge in [0.25, 0.3) is 0 Å². The van der Waals surface area contributed by atoms with Crippen LogP contribution in [-0.4, -0.2) is 23.8 Å². The van der Waals surface area contributed by atoms with E-state index in [0.717, 1.165) is 43.1 Å². The van der Waals surface area contributed by atoms with E-state index in [-0.39, 0.29) is 17.2 Å². The molecule has 30 heavy (non-hydrogen) atoms. The minimum atomic E-state index is -0.409. The molecule has 0 atom stereocenters. The number of piperidine rings is 1. The lowest BCUT2D eigenvalue weighted by atomic mass is 9.92. The number of anilines is 1. The number of ketones is 1. The van der Waals surface area contributed by atoms with Crippen LogP contribution in [0.1, 0.15) is 51.5 Å². The van der Waals surface area contributed by atoms with Crippen LogP contribution in [0.3, 0.4) is 0 Å². The van der Waals surface area contributed by atoms with Gasteiger partial charge in [-0.25, -0.2) is 0 Å². The summed E-state index contributed by atoms with van der Waals surface area (Å²) in [5.74, 6) is 1.73. The van der Waals surface area contributed by atoms with Gasteiger partial charge in [0, 0.05) is 37.3 Å². The lowest BCUT2D eigenvalue weighted by molar-refractivity contribution is -0.385. The van der Waals surface area contributed by atoms with E-state index in [0.29, 0.717) is 18.6 Å². The lowest BCUT2D eigenvalue weighted by Gasteiger charge is -2.33. The van der Waals surface area contributed by atoms with Crippen LogP contribution in [0.25, 0.3) is 0 Å². The Bertz CT molecular complexity index is 871. The first-order valence-electron chi connectivity index (χ1n) is 10.8. The fourth-order valence-electron chi connectivity index (χ4n) is 3.99. The zero-order valence-electron chi connectivity index (χ0n) is 17.8. The first kappa shape index (κ1) is 21.8. The normalized spacial score (nSPS) is 14.5. The van der Waals surface area contributed by atoms with Gasteiger partial charge >= 0.3 is 5.69 Å². The third-order valence-electron chi connectivity index (χ3n) is 5.73. The first-order chi connectivity index (χ1) is 14.5. The maximum Gasteiger partial charge on any atom is 0.311 e. The Morgan fingerprint density at radius 2 is 1.87 bits per heavy atom. The Morgan fingerprint density at radius 1 is 1.17 bits per heavy atom. The van der Waals surface area contributed by atoms with E-state index in [2.05, 4.69) is 11.8 Å². The van der Waals surface area contributed by atoms with E-state index in [1.165, 1.54) is 18.9 Å². The monoisotopic (exact) mass is 410 g/mol. The minimum Gasteiger partial charge on any atom is -0.450 e. The Hall–Kier alpha value is -2.89. The number of hydrogen-bond donors (Lipinski definition) is 0. The molecule has 2 aromatic rings. The molecule has 0 bridgehead atoms. The van der Waals surface area contributed by atoms with Crippen molar-refractivity contribution < 1.29 is 14.5 Å². The molecule has 0 radical (unpaired) electrons. The lowest BCUT2D eigenvalue weighted by Crippen LogP contribution is -2.33. The molecule has 1 aliphatic rings. The SMILES string of the molecule is CCCC1CCN(c2ccc([N+](=O)[O-])c(Oc3ccc(CCC(C)=O)cc3)c2)CC1. The third kappa shape index (κ3) is 5.81. The van der Waals surface area contributed by atoms with E-state index in [4.69, 9.17) is 4.74 Å². The van der Waals surface area contributed by atoms with Gasteiger partial charge in [-0.2, -0.15) is 0 Å². The molecular formula is C24H30N2O4. The number of carbonyl (C=O) groups is 1. The summed E-state index contributed by atoms with van der Waals surface area (Å²) in [7, 11) is 0. The minimum absolute atomic E-state index is 0.0414. The van der Waals surface area contributed by atoms with Gasteiger partial charge in [-0.05, 0) is 55.9 Å². The number of nitrogens with zero attached hydrogens (tertiary/aromatic N) is 2. The molecule has 1 saturated heterocycles. The Labute approximate surface area is 178 Å². The molecule has 160 valence electrons.